The van der Waals surface area contributed by atoms with E-state index < -0.39 is 5.63 Å². The Balaban J connectivity index is 2.02. The van der Waals surface area contributed by atoms with Gasteiger partial charge in [-0.05, 0) is 38.3 Å². The smallest absolute Gasteiger partial charge is 0.349 e. The van der Waals surface area contributed by atoms with Crippen molar-refractivity contribution >= 4 is 16.9 Å². The van der Waals surface area contributed by atoms with Gasteiger partial charge in [-0.1, -0.05) is 18.2 Å². The number of nitrogens with zero attached hydrogens (tertiary/aromatic N) is 1. The van der Waals surface area contributed by atoms with E-state index in [1.807, 2.05) is 19.1 Å². The fourth-order valence-corrected chi connectivity index (χ4v) is 2.77. The number of amides is 1. The normalized spacial score (nSPS) is 19.2. The van der Waals surface area contributed by atoms with Crippen LogP contribution < -0.4 is 5.63 Å². The van der Waals surface area contributed by atoms with E-state index in [1.54, 1.807) is 23.1 Å². The molecule has 0 spiro atoms. The molecule has 0 N–H and O–H groups in total. The third kappa shape index (κ3) is 2.22. The highest BCUT2D eigenvalue weighted by Crippen LogP contribution is 2.20. The van der Waals surface area contributed by atoms with Gasteiger partial charge in [-0.3, -0.25) is 4.79 Å². The zero-order valence-corrected chi connectivity index (χ0v) is 11.5. The van der Waals surface area contributed by atoms with Crippen molar-refractivity contribution in [2.45, 2.75) is 32.2 Å². The van der Waals surface area contributed by atoms with Gasteiger partial charge in [-0.25, -0.2) is 4.79 Å². The monoisotopic (exact) mass is 271 g/mol. The zero-order valence-electron chi connectivity index (χ0n) is 11.5. The van der Waals surface area contributed by atoms with Crippen LogP contribution >= 0.6 is 0 Å². The second kappa shape index (κ2) is 5.12. The lowest BCUT2D eigenvalue weighted by atomic mass is 10.0. The lowest BCUT2D eigenvalue weighted by Crippen LogP contribution is -2.43. The van der Waals surface area contributed by atoms with Gasteiger partial charge >= 0.3 is 5.63 Å². The van der Waals surface area contributed by atoms with E-state index in [1.165, 1.54) is 0 Å². The third-order valence-corrected chi connectivity index (χ3v) is 3.94. The summed E-state index contributed by atoms with van der Waals surface area (Å²) in [6.07, 6.45) is 3.12. The minimum absolute atomic E-state index is 0.137. The predicted octanol–water partition coefficient (Wildman–Crippen LogP) is 2.81. The third-order valence-electron chi connectivity index (χ3n) is 3.94. The van der Waals surface area contributed by atoms with Crippen LogP contribution in [0.3, 0.4) is 0 Å². The van der Waals surface area contributed by atoms with Crippen LogP contribution in [-0.2, 0) is 0 Å². The number of piperidine rings is 1. The maximum atomic E-state index is 12.5. The first-order valence-electron chi connectivity index (χ1n) is 7.00. The molecule has 0 aliphatic carbocycles. The fourth-order valence-electron chi connectivity index (χ4n) is 2.77. The molecule has 0 unspecified atom stereocenters. The summed E-state index contributed by atoms with van der Waals surface area (Å²) in [5.41, 5.74) is 0.102. The number of rotatable bonds is 1. The van der Waals surface area contributed by atoms with Crippen molar-refractivity contribution in [1.82, 2.24) is 4.90 Å². The van der Waals surface area contributed by atoms with Crippen LogP contribution in [-0.4, -0.2) is 23.4 Å². The van der Waals surface area contributed by atoms with Crippen LogP contribution in [0, 0.1) is 0 Å². The van der Waals surface area contributed by atoms with E-state index in [4.69, 9.17) is 4.42 Å². The number of hydrogen-bond donors (Lipinski definition) is 0. The van der Waals surface area contributed by atoms with E-state index in [2.05, 4.69) is 0 Å². The van der Waals surface area contributed by atoms with Crippen LogP contribution in [0.1, 0.15) is 36.5 Å². The lowest BCUT2D eigenvalue weighted by Gasteiger charge is -2.33. The van der Waals surface area contributed by atoms with E-state index in [9.17, 15) is 9.59 Å². The molecule has 1 aromatic carbocycles. The van der Waals surface area contributed by atoms with Crippen molar-refractivity contribution in [1.29, 1.82) is 0 Å². The molecular formula is C16H17NO3. The Bertz CT molecular complexity index is 704. The van der Waals surface area contributed by atoms with E-state index in [0.29, 0.717) is 12.1 Å². The predicted molar refractivity (Wildman–Crippen MR) is 76.8 cm³/mol. The highest BCUT2D eigenvalue weighted by Gasteiger charge is 2.26. The molecule has 4 nitrogen and oxygen atoms in total. The standard InChI is InChI=1S/C16H17NO3/c1-11-6-4-5-9-17(11)15(18)13-10-12-7-2-3-8-14(12)20-16(13)19/h2-3,7-8,10-11H,4-6,9H2,1H3/t11-/m0/s1. The largest absolute Gasteiger partial charge is 0.422 e. The molecule has 1 atom stereocenters. The summed E-state index contributed by atoms with van der Waals surface area (Å²) in [5, 5.41) is 0.778. The maximum absolute atomic E-state index is 12.5. The number of benzene rings is 1. The highest BCUT2D eigenvalue weighted by molar-refractivity contribution is 5.96. The Labute approximate surface area is 117 Å². The molecule has 3 rings (SSSR count). The Kier molecular flexibility index (Phi) is 3.30. The average molecular weight is 271 g/mol. The molecule has 1 aliphatic heterocycles. The van der Waals surface area contributed by atoms with Gasteiger partial charge in [0.15, 0.2) is 0 Å². The number of hydrogen-bond acceptors (Lipinski definition) is 3. The molecule has 104 valence electrons. The first-order valence-corrected chi connectivity index (χ1v) is 7.00. The number of fused-ring (bicyclic) bond motifs is 1. The molecule has 4 heteroatoms. The Morgan fingerprint density at radius 1 is 1.30 bits per heavy atom. The van der Waals surface area contributed by atoms with Crippen molar-refractivity contribution in [2.24, 2.45) is 0 Å². The van der Waals surface area contributed by atoms with Crippen molar-refractivity contribution < 1.29 is 9.21 Å². The van der Waals surface area contributed by atoms with Crippen LogP contribution in [0.25, 0.3) is 11.0 Å². The molecule has 1 fully saturated rings. The Hall–Kier alpha value is -2.10. The summed E-state index contributed by atoms with van der Waals surface area (Å²) in [7, 11) is 0. The van der Waals surface area contributed by atoms with Crippen LogP contribution in [0.15, 0.2) is 39.5 Å². The van der Waals surface area contributed by atoms with Gasteiger partial charge in [0.25, 0.3) is 5.91 Å². The van der Waals surface area contributed by atoms with Crippen molar-refractivity contribution in [3.8, 4) is 0 Å². The molecule has 2 aromatic rings. The van der Waals surface area contributed by atoms with Crippen LogP contribution in [0.5, 0.6) is 0 Å². The molecule has 20 heavy (non-hydrogen) atoms. The fraction of sp³-hybridized carbons (Fsp3) is 0.375. The van der Waals surface area contributed by atoms with E-state index in [0.717, 1.165) is 24.6 Å². The second-order valence-corrected chi connectivity index (χ2v) is 5.33. The number of likely N-dealkylation sites (tertiary alicyclic amines) is 1. The summed E-state index contributed by atoms with van der Waals surface area (Å²) in [5.74, 6) is -0.211. The highest BCUT2D eigenvalue weighted by atomic mass is 16.4. The minimum Gasteiger partial charge on any atom is -0.422 e. The molecule has 1 aromatic heterocycles. The number of carbonyl (C=O) groups excluding carboxylic acids is 1. The average Bonchev–Trinajstić information content (AvgIpc) is 2.46. The minimum atomic E-state index is -0.550. The van der Waals surface area contributed by atoms with Gasteiger partial charge in [0.1, 0.15) is 11.1 Å². The van der Waals surface area contributed by atoms with Gasteiger partial charge in [0.2, 0.25) is 0 Å². The van der Waals surface area contributed by atoms with Crippen molar-refractivity contribution in [3.05, 3.63) is 46.3 Å². The van der Waals surface area contributed by atoms with Gasteiger partial charge in [-0.15, -0.1) is 0 Å². The first-order chi connectivity index (χ1) is 9.66. The number of carbonyl (C=O) groups is 1. The molecule has 1 aliphatic rings. The van der Waals surface area contributed by atoms with Crippen LogP contribution in [0.4, 0.5) is 0 Å². The van der Waals surface area contributed by atoms with E-state index in [-0.39, 0.29) is 17.5 Å². The summed E-state index contributed by atoms with van der Waals surface area (Å²) in [6.45, 7) is 2.74. The molecule has 1 saturated heterocycles. The van der Waals surface area contributed by atoms with Crippen molar-refractivity contribution in [2.75, 3.05) is 6.54 Å². The van der Waals surface area contributed by atoms with Crippen molar-refractivity contribution in [3.63, 3.8) is 0 Å². The van der Waals surface area contributed by atoms with Gasteiger partial charge < -0.3 is 9.32 Å². The summed E-state index contributed by atoms with van der Waals surface area (Å²) >= 11 is 0. The lowest BCUT2D eigenvalue weighted by molar-refractivity contribution is 0.0631. The quantitative estimate of drug-likeness (QED) is 0.749. The number of para-hydroxylation sites is 1. The Morgan fingerprint density at radius 2 is 2.10 bits per heavy atom. The Morgan fingerprint density at radius 3 is 2.90 bits per heavy atom. The summed E-state index contributed by atoms with van der Waals surface area (Å²) in [4.78, 5) is 26.3. The molecule has 2 heterocycles. The van der Waals surface area contributed by atoms with Gasteiger partial charge in [-0.2, -0.15) is 0 Å². The topological polar surface area (TPSA) is 50.5 Å². The molecule has 1 amide bonds. The van der Waals surface area contributed by atoms with Gasteiger partial charge in [0.05, 0.1) is 0 Å². The first kappa shape index (κ1) is 12.9. The molecular weight excluding hydrogens is 254 g/mol. The molecule has 0 bridgehead atoms. The molecule has 0 saturated carbocycles. The van der Waals surface area contributed by atoms with Crippen LogP contribution in [0.2, 0.25) is 0 Å². The van der Waals surface area contributed by atoms with Gasteiger partial charge in [0, 0.05) is 18.0 Å². The SMILES string of the molecule is C[C@H]1CCCCN1C(=O)c1cc2ccccc2oc1=O. The van der Waals surface area contributed by atoms with E-state index >= 15 is 0 Å². The maximum Gasteiger partial charge on any atom is 0.349 e. The zero-order chi connectivity index (χ0) is 14.1. The summed E-state index contributed by atoms with van der Waals surface area (Å²) in [6, 6.07) is 9.07. The molecule has 0 radical (unpaired) electrons. The summed E-state index contributed by atoms with van der Waals surface area (Å²) < 4.78 is 5.24. The second-order valence-electron chi connectivity index (χ2n) is 5.33.